The highest BCUT2D eigenvalue weighted by atomic mass is 16.7. The van der Waals surface area contributed by atoms with Gasteiger partial charge in [-0.25, -0.2) is 0 Å². The van der Waals surface area contributed by atoms with Crippen molar-refractivity contribution in [1.82, 2.24) is 0 Å². The van der Waals surface area contributed by atoms with E-state index in [0.717, 1.165) is 38.9 Å². The highest BCUT2D eigenvalue weighted by Crippen LogP contribution is 2.12. The Kier molecular flexibility index (Phi) is 16.2. The number of aliphatic hydroxyl groups excluding tert-OH is 1. The molecule has 0 spiro atoms. The molecule has 0 aromatic heterocycles. The van der Waals surface area contributed by atoms with Crippen molar-refractivity contribution in [1.29, 1.82) is 0 Å². The summed E-state index contributed by atoms with van der Waals surface area (Å²) in [5, 5.41) is 9.28. The van der Waals surface area contributed by atoms with Gasteiger partial charge in [-0.2, -0.15) is 0 Å². The van der Waals surface area contributed by atoms with Crippen molar-refractivity contribution >= 4 is 0 Å². The summed E-state index contributed by atoms with van der Waals surface area (Å²) < 4.78 is 10.9. The SMILES string of the molecule is CCCCCCCCCOCOCCCC(C)CC(C)O. The normalized spacial score (nSPS) is 14.3. The van der Waals surface area contributed by atoms with Gasteiger partial charge in [-0.05, 0) is 38.5 Å². The summed E-state index contributed by atoms with van der Waals surface area (Å²) in [7, 11) is 0. The molecule has 3 nitrogen and oxygen atoms in total. The Morgan fingerprint density at radius 3 is 2.00 bits per heavy atom. The van der Waals surface area contributed by atoms with Gasteiger partial charge in [0.1, 0.15) is 6.79 Å². The van der Waals surface area contributed by atoms with Gasteiger partial charge in [-0.1, -0.05) is 52.4 Å². The lowest BCUT2D eigenvalue weighted by Gasteiger charge is -2.13. The van der Waals surface area contributed by atoms with E-state index in [2.05, 4.69) is 13.8 Å². The summed E-state index contributed by atoms with van der Waals surface area (Å²) in [6.45, 7) is 8.31. The fourth-order valence-corrected chi connectivity index (χ4v) is 2.57. The number of unbranched alkanes of at least 4 members (excludes halogenated alkanes) is 6. The van der Waals surface area contributed by atoms with Crippen LogP contribution in [0.15, 0.2) is 0 Å². The lowest BCUT2D eigenvalue weighted by molar-refractivity contribution is -0.0562. The molecular weight excluding hydrogens is 264 g/mol. The first-order valence-electron chi connectivity index (χ1n) is 9.00. The van der Waals surface area contributed by atoms with Crippen LogP contribution in [0.5, 0.6) is 0 Å². The summed E-state index contributed by atoms with van der Waals surface area (Å²) in [4.78, 5) is 0. The van der Waals surface area contributed by atoms with Crippen molar-refractivity contribution in [3.8, 4) is 0 Å². The van der Waals surface area contributed by atoms with Crippen molar-refractivity contribution in [2.75, 3.05) is 20.0 Å². The highest BCUT2D eigenvalue weighted by Gasteiger charge is 2.05. The summed E-state index contributed by atoms with van der Waals surface area (Å²) >= 11 is 0. The lowest BCUT2D eigenvalue weighted by Crippen LogP contribution is -2.09. The fourth-order valence-electron chi connectivity index (χ4n) is 2.57. The third-order valence-corrected chi connectivity index (χ3v) is 3.79. The second-order valence-corrected chi connectivity index (χ2v) is 6.39. The molecule has 128 valence electrons. The van der Waals surface area contributed by atoms with Gasteiger partial charge in [0.25, 0.3) is 0 Å². The first-order chi connectivity index (χ1) is 10.2. The van der Waals surface area contributed by atoms with E-state index in [1.165, 1.54) is 38.5 Å². The molecule has 0 saturated heterocycles. The van der Waals surface area contributed by atoms with Gasteiger partial charge in [0, 0.05) is 13.2 Å². The van der Waals surface area contributed by atoms with Gasteiger partial charge >= 0.3 is 0 Å². The maximum absolute atomic E-state index is 9.28. The maximum atomic E-state index is 9.28. The van der Waals surface area contributed by atoms with Crippen molar-refractivity contribution < 1.29 is 14.6 Å². The largest absolute Gasteiger partial charge is 0.393 e. The topological polar surface area (TPSA) is 38.7 Å². The molecule has 2 atom stereocenters. The summed E-state index contributed by atoms with van der Waals surface area (Å²) in [6.07, 6.45) is 12.1. The molecule has 3 heteroatoms. The average Bonchev–Trinajstić information content (AvgIpc) is 2.43. The zero-order chi connectivity index (χ0) is 15.8. The molecule has 21 heavy (non-hydrogen) atoms. The van der Waals surface area contributed by atoms with E-state index in [-0.39, 0.29) is 6.10 Å². The molecule has 0 saturated carbocycles. The minimum atomic E-state index is -0.189. The predicted molar refractivity (Wildman–Crippen MR) is 89.5 cm³/mol. The number of hydrogen-bond donors (Lipinski definition) is 1. The third-order valence-electron chi connectivity index (χ3n) is 3.79. The summed E-state index contributed by atoms with van der Waals surface area (Å²) in [5.74, 6) is 0.572. The summed E-state index contributed by atoms with van der Waals surface area (Å²) in [5.41, 5.74) is 0. The predicted octanol–water partition coefficient (Wildman–Crippen LogP) is 4.91. The van der Waals surface area contributed by atoms with Crippen molar-refractivity contribution in [2.24, 2.45) is 5.92 Å². The Morgan fingerprint density at radius 1 is 0.810 bits per heavy atom. The van der Waals surface area contributed by atoms with Gasteiger partial charge in [-0.15, -0.1) is 0 Å². The van der Waals surface area contributed by atoms with E-state index in [1.807, 2.05) is 6.92 Å². The van der Waals surface area contributed by atoms with Crippen LogP contribution >= 0.6 is 0 Å². The minimum absolute atomic E-state index is 0.189. The number of aliphatic hydroxyl groups is 1. The van der Waals surface area contributed by atoms with Crippen LogP contribution in [0, 0.1) is 5.92 Å². The van der Waals surface area contributed by atoms with Gasteiger partial charge < -0.3 is 14.6 Å². The third kappa shape index (κ3) is 17.8. The quantitative estimate of drug-likeness (QED) is 0.325. The molecule has 0 bridgehead atoms. The Hall–Kier alpha value is -0.120. The van der Waals surface area contributed by atoms with E-state index in [4.69, 9.17) is 9.47 Å². The molecule has 2 unspecified atom stereocenters. The van der Waals surface area contributed by atoms with Crippen molar-refractivity contribution in [2.45, 2.75) is 91.1 Å². The van der Waals surface area contributed by atoms with Gasteiger partial charge in [0.2, 0.25) is 0 Å². The molecule has 0 aliphatic carbocycles. The van der Waals surface area contributed by atoms with Crippen molar-refractivity contribution in [3.63, 3.8) is 0 Å². The van der Waals surface area contributed by atoms with Crippen LogP contribution in [-0.2, 0) is 9.47 Å². The zero-order valence-electron chi connectivity index (χ0n) is 14.6. The fraction of sp³-hybridized carbons (Fsp3) is 1.00. The zero-order valence-corrected chi connectivity index (χ0v) is 14.6. The van der Waals surface area contributed by atoms with Crippen LogP contribution in [0.25, 0.3) is 0 Å². The molecule has 0 rings (SSSR count). The number of ether oxygens (including phenoxy) is 2. The lowest BCUT2D eigenvalue weighted by atomic mass is 9.99. The van der Waals surface area contributed by atoms with Crippen LogP contribution in [-0.4, -0.2) is 31.2 Å². The van der Waals surface area contributed by atoms with E-state index in [1.54, 1.807) is 0 Å². The standard InChI is InChI=1S/C18H38O3/c1-4-5-6-7-8-9-10-13-20-16-21-14-11-12-17(2)15-18(3)19/h17-19H,4-16H2,1-3H3. The summed E-state index contributed by atoms with van der Waals surface area (Å²) in [6, 6.07) is 0. The second-order valence-electron chi connectivity index (χ2n) is 6.39. The second kappa shape index (κ2) is 16.3. The van der Waals surface area contributed by atoms with Crippen LogP contribution in [0.3, 0.4) is 0 Å². The molecule has 0 aliphatic heterocycles. The van der Waals surface area contributed by atoms with Crippen LogP contribution in [0.4, 0.5) is 0 Å². The Balaban J connectivity index is 3.05. The van der Waals surface area contributed by atoms with E-state index < -0.39 is 0 Å². The molecular formula is C18H38O3. The minimum Gasteiger partial charge on any atom is -0.393 e. The maximum Gasteiger partial charge on any atom is 0.146 e. The Labute approximate surface area is 132 Å². The molecule has 0 amide bonds. The number of rotatable bonds is 16. The van der Waals surface area contributed by atoms with Gasteiger partial charge in [0.05, 0.1) is 6.10 Å². The van der Waals surface area contributed by atoms with E-state index in [9.17, 15) is 5.11 Å². The van der Waals surface area contributed by atoms with E-state index >= 15 is 0 Å². The Morgan fingerprint density at radius 2 is 1.38 bits per heavy atom. The molecule has 0 radical (unpaired) electrons. The average molecular weight is 302 g/mol. The van der Waals surface area contributed by atoms with Crippen molar-refractivity contribution in [3.05, 3.63) is 0 Å². The van der Waals surface area contributed by atoms with Crippen LogP contribution in [0.1, 0.15) is 85.0 Å². The molecule has 0 fully saturated rings. The molecule has 0 aliphatic rings. The first-order valence-corrected chi connectivity index (χ1v) is 9.00. The van der Waals surface area contributed by atoms with Crippen LogP contribution < -0.4 is 0 Å². The van der Waals surface area contributed by atoms with Gasteiger partial charge in [-0.3, -0.25) is 0 Å². The first kappa shape index (κ1) is 20.9. The molecule has 1 N–H and O–H groups in total. The molecule has 0 aromatic rings. The van der Waals surface area contributed by atoms with Crippen LogP contribution in [0.2, 0.25) is 0 Å². The Bertz CT molecular complexity index is 195. The van der Waals surface area contributed by atoms with E-state index in [0.29, 0.717) is 12.7 Å². The smallest absolute Gasteiger partial charge is 0.146 e. The van der Waals surface area contributed by atoms with Gasteiger partial charge in [0.15, 0.2) is 0 Å². The molecule has 0 aromatic carbocycles. The highest BCUT2D eigenvalue weighted by molar-refractivity contribution is 4.57. The molecule has 0 heterocycles. The monoisotopic (exact) mass is 302 g/mol. The number of hydrogen-bond acceptors (Lipinski definition) is 3.